The maximum absolute atomic E-state index is 14.1. The van der Waals surface area contributed by atoms with Crippen LogP contribution >= 0.6 is 11.6 Å². The molecule has 1 aromatic heterocycles. The molecule has 0 aliphatic carbocycles. The second kappa shape index (κ2) is 9.77. The number of ether oxygens (including phenoxy) is 1. The van der Waals surface area contributed by atoms with Gasteiger partial charge in [-0.1, -0.05) is 25.4 Å². The van der Waals surface area contributed by atoms with Crippen LogP contribution in [0.15, 0.2) is 41.4 Å². The van der Waals surface area contributed by atoms with E-state index in [0.29, 0.717) is 5.02 Å². The fourth-order valence-electron chi connectivity index (χ4n) is 2.37. The number of pyridine rings is 1. The summed E-state index contributed by atoms with van der Waals surface area (Å²) in [7, 11) is -4.11. The Kier molecular flexibility index (Phi) is 7.66. The minimum atomic E-state index is -4.11. The number of anilines is 1. The zero-order valence-corrected chi connectivity index (χ0v) is 17.3. The highest BCUT2D eigenvalue weighted by atomic mass is 35.5. The average molecular weight is 444 g/mol. The Morgan fingerprint density at radius 2 is 1.90 bits per heavy atom. The van der Waals surface area contributed by atoms with Gasteiger partial charge in [0.25, 0.3) is 5.91 Å². The summed E-state index contributed by atoms with van der Waals surface area (Å²) in [5.41, 5.74) is -0.199. The van der Waals surface area contributed by atoms with Gasteiger partial charge in [0, 0.05) is 19.3 Å². The smallest absolute Gasteiger partial charge is 0.338 e. The largest absolute Gasteiger partial charge is 0.452 e. The number of nitrogens with zero attached hydrogens (tertiary/aromatic N) is 2. The van der Waals surface area contributed by atoms with Gasteiger partial charge in [-0.3, -0.25) is 4.79 Å². The minimum absolute atomic E-state index is 0.145. The fourth-order valence-corrected chi connectivity index (χ4v) is 4.03. The molecule has 2 rings (SSSR count). The van der Waals surface area contributed by atoms with Crippen LogP contribution in [-0.4, -0.2) is 49.3 Å². The maximum atomic E-state index is 14.1. The van der Waals surface area contributed by atoms with Crippen molar-refractivity contribution in [2.45, 2.75) is 18.7 Å². The van der Waals surface area contributed by atoms with Gasteiger partial charge in [-0.05, 0) is 30.3 Å². The molecule has 0 unspecified atom stereocenters. The molecule has 0 aliphatic rings. The Balaban J connectivity index is 2.09. The van der Waals surface area contributed by atoms with Gasteiger partial charge in [-0.15, -0.1) is 0 Å². The first-order valence-electron chi connectivity index (χ1n) is 8.57. The van der Waals surface area contributed by atoms with Crippen LogP contribution < -0.4 is 5.32 Å². The van der Waals surface area contributed by atoms with Crippen molar-refractivity contribution in [3.63, 3.8) is 0 Å². The van der Waals surface area contributed by atoms with E-state index in [2.05, 4.69) is 10.3 Å². The second-order valence-corrected chi connectivity index (χ2v) is 8.06. The van der Waals surface area contributed by atoms with E-state index in [1.165, 1.54) is 18.3 Å². The lowest BCUT2D eigenvalue weighted by Crippen LogP contribution is -2.31. The molecular weight excluding hydrogens is 425 g/mol. The van der Waals surface area contributed by atoms with E-state index in [1.807, 2.05) is 0 Å². The molecule has 0 radical (unpaired) electrons. The number of rotatable bonds is 8. The molecule has 29 heavy (non-hydrogen) atoms. The summed E-state index contributed by atoms with van der Waals surface area (Å²) in [6.07, 6.45) is 1.33. The molecule has 0 atom stereocenters. The number of nitrogens with one attached hydrogen (secondary N) is 1. The van der Waals surface area contributed by atoms with Gasteiger partial charge in [0.1, 0.15) is 16.5 Å². The number of aromatic nitrogens is 1. The lowest BCUT2D eigenvalue weighted by Gasteiger charge is -2.19. The Hall–Kier alpha value is -2.56. The monoisotopic (exact) mass is 443 g/mol. The third kappa shape index (κ3) is 5.72. The van der Waals surface area contributed by atoms with Gasteiger partial charge in [-0.2, -0.15) is 4.31 Å². The van der Waals surface area contributed by atoms with Gasteiger partial charge < -0.3 is 10.1 Å². The number of benzene rings is 1. The summed E-state index contributed by atoms with van der Waals surface area (Å²) in [4.78, 5) is 27.3. The number of hydrogen-bond acceptors (Lipinski definition) is 6. The summed E-state index contributed by atoms with van der Waals surface area (Å²) in [6.45, 7) is 2.88. The number of amides is 1. The Bertz CT molecular complexity index is 995. The molecule has 11 heteroatoms. The average Bonchev–Trinajstić information content (AvgIpc) is 2.69. The van der Waals surface area contributed by atoms with Crippen LogP contribution in [0.25, 0.3) is 0 Å². The molecule has 1 amide bonds. The third-order valence-corrected chi connectivity index (χ3v) is 6.11. The number of carbonyl (C=O) groups is 2. The lowest BCUT2D eigenvalue weighted by atomic mass is 10.2. The minimum Gasteiger partial charge on any atom is -0.452 e. The first-order chi connectivity index (χ1) is 13.7. The van der Waals surface area contributed by atoms with Crippen molar-refractivity contribution >= 4 is 39.3 Å². The van der Waals surface area contributed by atoms with E-state index in [4.69, 9.17) is 16.3 Å². The fraction of sp³-hybridized carbons (Fsp3) is 0.278. The Labute approximate surface area is 172 Å². The predicted molar refractivity (Wildman–Crippen MR) is 105 cm³/mol. The highest BCUT2D eigenvalue weighted by molar-refractivity contribution is 7.89. The maximum Gasteiger partial charge on any atom is 0.338 e. The zero-order valence-electron chi connectivity index (χ0n) is 15.7. The third-order valence-electron chi connectivity index (χ3n) is 3.82. The van der Waals surface area contributed by atoms with Crippen molar-refractivity contribution in [1.82, 2.24) is 9.29 Å². The Morgan fingerprint density at radius 3 is 2.48 bits per heavy atom. The SMILES string of the molecule is CCN(CC)S(=O)(=O)c1cc(C(=O)OCC(=O)Nc2ccc(Cl)cn2)ccc1F. The first kappa shape index (κ1) is 22.7. The molecule has 0 saturated heterocycles. The van der Waals surface area contributed by atoms with Gasteiger partial charge >= 0.3 is 5.97 Å². The van der Waals surface area contributed by atoms with Gasteiger partial charge in [0.05, 0.1) is 10.6 Å². The van der Waals surface area contributed by atoms with E-state index in [1.54, 1.807) is 13.8 Å². The van der Waals surface area contributed by atoms with Crippen molar-refractivity contribution in [3.05, 3.63) is 52.9 Å². The van der Waals surface area contributed by atoms with Crippen LogP contribution in [0.2, 0.25) is 5.02 Å². The molecule has 0 aliphatic heterocycles. The van der Waals surface area contributed by atoms with E-state index >= 15 is 0 Å². The van der Waals surface area contributed by atoms with Crippen molar-refractivity contribution < 1.29 is 27.1 Å². The molecular formula is C18H19ClFN3O5S. The number of sulfonamides is 1. The summed E-state index contributed by atoms with van der Waals surface area (Å²) in [5.74, 6) is -2.41. The molecule has 2 aromatic rings. The molecule has 0 bridgehead atoms. The highest BCUT2D eigenvalue weighted by Crippen LogP contribution is 2.21. The predicted octanol–water partition coefficient (Wildman–Crippen LogP) is 2.70. The summed E-state index contributed by atoms with van der Waals surface area (Å²) < 4.78 is 45.1. The topological polar surface area (TPSA) is 106 Å². The van der Waals surface area contributed by atoms with Gasteiger partial charge in [-0.25, -0.2) is 22.6 Å². The van der Waals surface area contributed by atoms with Crippen LogP contribution in [-0.2, 0) is 19.6 Å². The van der Waals surface area contributed by atoms with Crippen LogP contribution in [0.1, 0.15) is 24.2 Å². The summed E-state index contributed by atoms with van der Waals surface area (Å²) in [5, 5.41) is 2.79. The van der Waals surface area contributed by atoms with Crippen molar-refractivity contribution in [3.8, 4) is 0 Å². The quantitative estimate of drug-likeness (QED) is 0.629. The van der Waals surface area contributed by atoms with Crippen molar-refractivity contribution in [1.29, 1.82) is 0 Å². The molecule has 0 fully saturated rings. The lowest BCUT2D eigenvalue weighted by molar-refractivity contribution is -0.119. The van der Waals surface area contributed by atoms with Crippen LogP contribution in [0.4, 0.5) is 10.2 Å². The number of esters is 1. The molecule has 1 heterocycles. The van der Waals surface area contributed by atoms with E-state index in [0.717, 1.165) is 22.5 Å². The molecule has 0 spiro atoms. The van der Waals surface area contributed by atoms with Crippen molar-refractivity contribution in [2.24, 2.45) is 0 Å². The number of halogens is 2. The van der Waals surface area contributed by atoms with Crippen LogP contribution in [0, 0.1) is 5.82 Å². The Morgan fingerprint density at radius 1 is 1.21 bits per heavy atom. The van der Waals surface area contributed by atoms with E-state index < -0.39 is 39.2 Å². The molecule has 8 nitrogen and oxygen atoms in total. The standard InChI is InChI=1S/C18H19ClFN3O5S/c1-3-23(4-2)29(26,27)15-9-12(5-7-14(15)20)18(25)28-11-17(24)22-16-8-6-13(19)10-21-16/h5-10H,3-4,11H2,1-2H3,(H,21,22,24). The van der Waals surface area contributed by atoms with Crippen molar-refractivity contribution in [2.75, 3.05) is 25.0 Å². The second-order valence-electron chi connectivity index (χ2n) is 5.72. The molecule has 0 saturated carbocycles. The van der Waals surface area contributed by atoms with Gasteiger partial charge in [0.2, 0.25) is 10.0 Å². The normalized spacial score (nSPS) is 11.3. The zero-order chi connectivity index (χ0) is 21.6. The summed E-state index contributed by atoms with van der Waals surface area (Å²) in [6, 6.07) is 5.82. The summed E-state index contributed by atoms with van der Waals surface area (Å²) >= 11 is 5.70. The van der Waals surface area contributed by atoms with Crippen LogP contribution in [0.5, 0.6) is 0 Å². The molecule has 1 aromatic carbocycles. The van der Waals surface area contributed by atoms with Crippen LogP contribution in [0.3, 0.4) is 0 Å². The number of carbonyl (C=O) groups excluding carboxylic acids is 2. The number of hydrogen-bond donors (Lipinski definition) is 1. The molecule has 156 valence electrons. The van der Waals surface area contributed by atoms with E-state index in [9.17, 15) is 22.4 Å². The first-order valence-corrected chi connectivity index (χ1v) is 10.4. The molecule has 1 N–H and O–H groups in total. The van der Waals surface area contributed by atoms with Gasteiger partial charge in [0.15, 0.2) is 6.61 Å². The van der Waals surface area contributed by atoms with E-state index in [-0.39, 0.29) is 24.5 Å². The highest BCUT2D eigenvalue weighted by Gasteiger charge is 2.26.